The van der Waals surface area contributed by atoms with Crippen LogP contribution in [0.2, 0.25) is 0 Å². The predicted octanol–water partition coefficient (Wildman–Crippen LogP) is 0.114. The van der Waals surface area contributed by atoms with Gasteiger partial charge in [-0.15, -0.1) is 0 Å². The van der Waals surface area contributed by atoms with E-state index in [1.807, 2.05) is 0 Å². The molecule has 0 aliphatic carbocycles. The Balaban J connectivity index is 3.16. The highest BCUT2D eigenvalue weighted by molar-refractivity contribution is 5.56. The van der Waals surface area contributed by atoms with Crippen LogP contribution in [0.3, 0.4) is 0 Å². The zero-order chi connectivity index (χ0) is 7.40. The van der Waals surface area contributed by atoms with Crippen molar-refractivity contribution in [2.24, 2.45) is 5.16 Å². The summed E-state index contributed by atoms with van der Waals surface area (Å²) in [5.74, 6) is 0. The molecule has 0 saturated carbocycles. The van der Waals surface area contributed by atoms with Crippen molar-refractivity contribution in [1.82, 2.24) is 4.57 Å². The first-order valence-electron chi connectivity index (χ1n) is 2.69. The quantitative estimate of drug-likeness (QED) is 0.259. The normalized spacial score (nSPS) is 10.4. The van der Waals surface area contributed by atoms with Crippen molar-refractivity contribution in [3.63, 3.8) is 0 Å². The Labute approximate surface area is 57.0 Å². The summed E-state index contributed by atoms with van der Waals surface area (Å²) in [4.78, 5) is 10.8. The molecule has 0 bridgehead atoms. The van der Waals surface area contributed by atoms with Crippen LogP contribution in [0.4, 0.5) is 0 Å². The first-order valence-corrected chi connectivity index (χ1v) is 2.69. The molecule has 4 nitrogen and oxygen atoms in total. The van der Waals surface area contributed by atoms with Crippen LogP contribution in [-0.2, 0) is 0 Å². The van der Waals surface area contributed by atoms with Gasteiger partial charge in [0.1, 0.15) is 6.34 Å². The number of oxime groups is 1. The van der Waals surface area contributed by atoms with E-state index in [-0.39, 0.29) is 5.56 Å². The van der Waals surface area contributed by atoms with E-state index in [1.54, 1.807) is 12.1 Å². The Kier molecular flexibility index (Phi) is 1.84. The van der Waals surface area contributed by atoms with Crippen molar-refractivity contribution in [3.05, 3.63) is 34.7 Å². The summed E-state index contributed by atoms with van der Waals surface area (Å²) >= 11 is 0. The van der Waals surface area contributed by atoms with Gasteiger partial charge in [0.25, 0.3) is 5.56 Å². The summed E-state index contributed by atoms with van der Waals surface area (Å²) in [7, 11) is 0. The van der Waals surface area contributed by atoms with Crippen molar-refractivity contribution >= 4 is 6.34 Å². The third kappa shape index (κ3) is 1.22. The molecule has 1 heterocycles. The van der Waals surface area contributed by atoms with Gasteiger partial charge in [-0.3, -0.25) is 9.36 Å². The van der Waals surface area contributed by atoms with Gasteiger partial charge in [0, 0.05) is 12.3 Å². The number of hydrogen-bond donors (Lipinski definition) is 1. The maximum absolute atomic E-state index is 10.8. The fraction of sp³-hybridized carbons (Fsp3) is 0. The molecule has 0 spiro atoms. The average Bonchev–Trinajstić information content (AvgIpc) is 1.94. The Bertz CT molecular complexity index is 290. The van der Waals surface area contributed by atoms with E-state index in [0.717, 1.165) is 6.34 Å². The lowest BCUT2D eigenvalue weighted by molar-refractivity contribution is 0.319. The van der Waals surface area contributed by atoms with E-state index in [9.17, 15) is 4.79 Å². The van der Waals surface area contributed by atoms with Gasteiger partial charge in [-0.05, 0) is 6.07 Å². The van der Waals surface area contributed by atoms with Crippen molar-refractivity contribution in [2.45, 2.75) is 0 Å². The second kappa shape index (κ2) is 2.82. The third-order valence-corrected chi connectivity index (χ3v) is 1.03. The molecule has 4 heteroatoms. The van der Waals surface area contributed by atoms with E-state index in [2.05, 4.69) is 5.16 Å². The van der Waals surface area contributed by atoms with Gasteiger partial charge < -0.3 is 5.21 Å². The van der Waals surface area contributed by atoms with Crippen molar-refractivity contribution < 1.29 is 5.21 Å². The molecular formula is C6H6N2O2. The van der Waals surface area contributed by atoms with Crippen LogP contribution in [0.15, 0.2) is 34.3 Å². The molecule has 0 radical (unpaired) electrons. The van der Waals surface area contributed by atoms with Gasteiger partial charge >= 0.3 is 0 Å². The number of aromatic nitrogens is 1. The molecule has 1 N–H and O–H groups in total. The molecule has 0 aromatic carbocycles. The third-order valence-electron chi connectivity index (χ3n) is 1.03. The molecule has 1 rings (SSSR count). The van der Waals surface area contributed by atoms with Gasteiger partial charge in [-0.1, -0.05) is 11.2 Å². The largest absolute Gasteiger partial charge is 0.410 e. The number of pyridine rings is 1. The summed E-state index contributed by atoms with van der Waals surface area (Å²) in [5, 5.41) is 10.8. The summed E-state index contributed by atoms with van der Waals surface area (Å²) in [6, 6.07) is 4.66. The zero-order valence-electron chi connectivity index (χ0n) is 5.14. The van der Waals surface area contributed by atoms with Crippen LogP contribution in [0, 0.1) is 0 Å². The standard InChI is InChI=1S/C6H6N2O2/c9-6-3-1-2-4-8(6)5-7-10/h1-5,10H. The van der Waals surface area contributed by atoms with Crippen LogP contribution in [0.25, 0.3) is 0 Å². The maximum Gasteiger partial charge on any atom is 0.255 e. The van der Waals surface area contributed by atoms with Crippen LogP contribution in [0.1, 0.15) is 0 Å². The average molecular weight is 138 g/mol. The van der Waals surface area contributed by atoms with Crippen LogP contribution >= 0.6 is 0 Å². The van der Waals surface area contributed by atoms with Crippen molar-refractivity contribution in [1.29, 1.82) is 0 Å². The lowest BCUT2D eigenvalue weighted by Gasteiger charge is -1.90. The zero-order valence-corrected chi connectivity index (χ0v) is 5.14. The first kappa shape index (κ1) is 6.54. The Morgan fingerprint density at radius 3 is 3.00 bits per heavy atom. The lowest BCUT2D eigenvalue weighted by atomic mass is 10.5. The number of hydrogen-bond acceptors (Lipinski definition) is 3. The van der Waals surface area contributed by atoms with E-state index in [1.165, 1.54) is 16.8 Å². The number of rotatable bonds is 1. The second-order valence-electron chi connectivity index (χ2n) is 1.68. The molecule has 1 aromatic heterocycles. The molecule has 0 atom stereocenters. The number of nitrogens with zero attached hydrogens (tertiary/aromatic N) is 2. The van der Waals surface area contributed by atoms with E-state index < -0.39 is 0 Å². The monoisotopic (exact) mass is 138 g/mol. The van der Waals surface area contributed by atoms with Crippen LogP contribution < -0.4 is 5.56 Å². The topological polar surface area (TPSA) is 54.6 Å². The van der Waals surface area contributed by atoms with E-state index in [4.69, 9.17) is 5.21 Å². The van der Waals surface area contributed by atoms with Crippen molar-refractivity contribution in [3.8, 4) is 0 Å². The van der Waals surface area contributed by atoms with Gasteiger partial charge in [0.05, 0.1) is 0 Å². The van der Waals surface area contributed by atoms with Gasteiger partial charge in [0.2, 0.25) is 0 Å². The summed E-state index contributed by atoms with van der Waals surface area (Å²) in [6.45, 7) is 0. The summed E-state index contributed by atoms with van der Waals surface area (Å²) in [5.41, 5.74) is -0.222. The minimum atomic E-state index is -0.222. The fourth-order valence-corrected chi connectivity index (χ4v) is 0.591. The molecule has 0 amide bonds. The predicted molar refractivity (Wildman–Crippen MR) is 36.4 cm³/mol. The molecule has 0 aliphatic heterocycles. The van der Waals surface area contributed by atoms with Crippen LogP contribution in [0.5, 0.6) is 0 Å². The van der Waals surface area contributed by atoms with Crippen molar-refractivity contribution in [2.75, 3.05) is 0 Å². The lowest BCUT2D eigenvalue weighted by Crippen LogP contribution is -2.16. The highest BCUT2D eigenvalue weighted by atomic mass is 16.4. The molecular weight excluding hydrogens is 132 g/mol. The fourth-order valence-electron chi connectivity index (χ4n) is 0.591. The minimum absolute atomic E-state index is 0.222. The molecule has 10 heavy (non-hydrogen) atoms. The van der Waals surface area contributed by atoms with E-state index >= 15 is 0 Å². The SMILES string of the molecule is O=c1ccccn1C=NO. The smallest absolute Gasteiger partial charge is 0.255 e. The maximum atomic E-state index is 10.8. The summed E-state index contributed by atoms with van der Waals surface area (Å²) < 4.78 is 1.17. The molecule has 0 aliphatic rings. The van der Waals surface area contributed by atoms with Gasteiger partial charge in [0.15, 0.2) is 0 Å². The highest BCUT2D eigenvalue weighted by Crippen LogP contribution is 1.75. The van der Waals surface area contributed by atoms with Crippen LogP contribution in [-0.4, -0.2) is 16.1 Å². The van der Waals surface area contributed by atoms with E-state index in [0.29, 0.717) is 0 Å². The molecule has 1 aromatic rings. The van der Waals surface area contributed by atoms with Gasteiger partial charge in [-0.2, -0.15) is 0 Å². The highest BCUT2D eigenvalue weighted by Gasteiger charge is 1.85. The first-order chi connectivity index (χ1) is 4.84. The van der Waals surface area contributed by atoms with Gasteiger partial charge in [-0.25, -0.2) is 0 Å². The minimum Gasteiger partial charge on any atom is -0.410 e. The Morgan fingerprint density at radius 2 is 2.40 bits per heavy atom. The molecule has 0 saturated heterocycles. The second-order valence-corrected chi connectivity index (χ2v) is 1.68. The Hall–Kier alpha value is -1.58. The molecule has 0 fully saturated rings. The Morgan fingerprint density at radius 1 is 1.60 bits per heavy atom. The molecule has 0 unspecified atom stereocenters. The molecule has 52 valence electrons. The summed E-state index contributed by atoms with van der Waals surface area (Å²) in [6.07, 6.45) is 2.53.